The Bertz CT molecular complexity index is 597. The molecule has 0 bridgehead atoms. The summed E-state index contributed by atoms with van der Waals surface area (Å²) in [6, 6.07) is 20.4. The summed E-state index contributed by atoms with van der Waals surface area (Å²) in [4.78, 5) is 14.2. The van der Waals surface area contributed by atoms with Gasteiger partial charge in [-0.25, -0.2) is 4.79 Å². The number of ether oxygens (including phenoxy) is 1. The standard InChI is InChI=1S/C19H21NO2/c21-19(22-15-17-10-5-2-6-11-17)20-13-7-12-18(20)14-16-8-3-1-4-9-16/h1-6,8-11,18H,7,12-15H2. The third-order valence-electron chi connectivity index (χ3n) is 4.13. The van der Waals surface area contributed by atoms with Crippen molar-refractivity contribution in [1.82, 2.24) is 4.90 Å². The van der Waals surface area contributed by atoms with Gasteiger partial charge < -0.3 is 9.64 Å². The van der Waals surface area contributed by atoms with Crippen LogP contribution in [0.5, 0.6) is 0 Å². The van der Waals surface area contributed by atoms with Gasteiger partial charge in [0.1, 0.15) is 6.61 Å². The molecule has 0 saturated carbocycles. The maximum absolute atomic E-state index is 12.3. The lowest BCUT2D eigenvalue weighted by atomic mass is 10.0. The number of benzene rings is 2. The average molecular weight is 295 g/mol. The third-order valence-corrected chi connectivity index (χ3v) is 4.13. The Kier molecular flexibility index (Phi) is 4.74. The van der Waals surface area contributed by atoms with Crippen LogP contribution < -0.4 is 0 Å². The molecule has 1 fully saturated rings. The monoisotopic (exact) mass is 295 g/mol. The van der Waals surface area contributed by atoms with Gasteiger partial charge in [-0.05, 0) is 30.4 Å². The van der Waals surface area contributed by atoms with Gasteiger partial charge in [0.2, 0.25) is 0 Å². The minimum atomic E-state index is -0.192. The van der Waals surface area contributed by atoms with Crippen LogP contribution in [-0.4, -0.2) is 23.6 Å². The van der Waals surface area contributed by atoms with Crippen molar-refractivity contribution in [3.05, 3.63) is 71.8 Å². The molecular formula is C19H21NO2. The van der Waals surface area contributed by atoms with E-state index in [2.05, 4.69) is 12.1 Å². The Morgan fingerprint density at radius 3 is 2.32 bits per heavy atom. The normalized spacial score (nSPS) is 17.5. The molecule has 1 atom stereocenters. The molecule has 1 amide bonds. The molecule has 2 aromatic rings. The summed E-state index contributed by atoms with van der Waals surface area (Å²) in [6.07, 6.45) is 2.82. The number of carbonyl (C=O) groups is 1. The van der Waals surface area contributed by atoms with E-state index in [0.29, 0.717) is 6.61 Å². The van der Waals surface area contributed by atoms with Gasteiger partial charge in [-0.2, -0.15) is 0 Å². The van der Waals surface area contributed by atoms with Crippen molar-refractivity contribution < 1.29 is 9.53 Å². The van der Waals surface area contributed by atoms with Crippen molar-refractivity contribution in [3.8, 4) is 0 Å². The molecule has 3 rings (SSSR count). The van der Waals surface area contributed by atoms with Crippen LogP contribution in [0.2, 0.25) is 0 Å². The topological polar surface area (TPSA) is 29.5 Å². The van der Waals surface area contributed by atoms with E-state index in [9.17, 15) is 4.79 Å². The lowest BCUT2D eigenvalue weighted by molar-refractivity contribution is 0.0921. The van der Waals surface area contributed by atoms with Crippen LogP contribution in [0.25, 0.3) is 0 Å². The second kappa shape index (κ2) is 7.12. The van der Waals surface area contributed by atoms with E-state index in [0.717, 1.165) is 31.4 Å². The molecule has 1 saturated heterocycles. The Morgan fingerprint density at radius 1 is 1.00 bits per heavy atom. The van der Waals surface area contributed by atoms with Crippen molar-refractivity contribution in [2.24, 2.45) is 0 Å². The van der Waals surface area contributed by atoms with Gasteiger partial charge in [0.15, 0.2) is 0 Å². The highest BCUT2D eigenvalue weighted by Crippen LogP contribution is 2.22. The van der Waals surface area contributed by atoms with Crippen molar-refractivity contribution >= 4 is 6.09 Å². The van der Waals surface area contributed by atoms with Gasteiger partial charge in [0.25, 0.3) is 0 Å². The van der Waals surface area contributed by atoms with E-state index in [1.54, 1.807) is 0 Å². The van der Waals surface area contributed by atoms with Gasteiger partial charge in [-0.15, -0.1) is 0 Å². The van der Waals surface area contributed by atoms with Crippen LogP contribution in [0, 0.1) is 0 Å². The first-order valence-electron chi connectivity index (χ1n) is 7.84. The Balaban J connectivity index is 1.57. The molecule has 0 aliphatic carbocycles. The molecule has 3 nitrogen and oxygen atoms in total. The van der Waals surface area contributed by atoms with Crippen molar-refractivity contribution in [2.45, 2.75) is 31.9 Å². The van der Waals surface area contributed by atoms with Crippen molar-refractivity contribution in [2.75, 3.05) is 6.54 Å². The number of likely N-dealkylation sites (tertiary alicyclic amines) is 1. The SMILES string of the molecule is O=C(OCc1ccccc1)N1CCCC1Cc1ccccc1. The molecule has 3 heteroatoms. The maximum atomic E-state index is 12.3. The van der Waals surface area contributed by atoms with Crippen LogP contribution in [-0.2, 0) is 17.8 Å². The van der Waals surface area contributed by atoms with E-state index < -0.39 is 0 Å². The van der Waals surface area contributed by atoms with Gasteiger partial charge in [-0.1, -0.05) is 60.7 Å². The number of hydrogen-bond acceptors (Lipinski definition) is 2. The number of amides is 1. The minimum absolute atomic E-state index is 0.192. The minimum Gasteiger partial charge on any atom is -0.445 e. The highest BCUT2D eigenvalue weighted by Gasteiger charge is 2.29. The van der Waals surface area contributed by atoms with Crippen LogP contribution >= 0.6 is 0 Å². The molecular weight excluding hydrogens is 274 g/mol. The molecule has 2 aromatic carbocycles. The highest BCUT2D eigenvalue weighted by molar-refractivity contribution is 5.68. The van der Waals surface area contributed by atoms with Crippen LogP contribution in [0.15, 0.2) is 60.7 Å². The van der Waals surface area contributed by atoms with Gasteiger partial charge >= 0.3 is 6.09 Å². The molecule has 0 spiro atoms. The smallest absolute Gasteiger partial charge is 0.410 e. The number of nitrogens with zero attached hydrogens (tertiary/aromatic N) is 1. The van der Waals surface area contributed by atoms with E-state index in [-0.39, 0.29) is 12.1 Å². The van der Waals surface area contributed by atoms with E-state index in [1.807, 2.05) is 53.4 Å². The molecule has 1 unspecified atom stereocenters. The molecule has 0 N–H and O–H groups in total. The van der Waals surface area contributed by atoms with Gasteiger partial charge in [0, 0.05) is 12.6 Å². The zero-order chi connectivity index (χ0) is 15.2. The van der Waals surface area contributed by atoms with E-state index in [4.69, 9.17) is 4.74 Å². The van der Waals surface area contributed by atoms with Gasteiger partial charge in [-0.3, -0.25) is 0 Å². The zero-order valence-electron chi connectivity index (χ0n) is 12.7. The van der Waals surface area contributed by atoms with Gasteiger partial charge in [0.05, 0.1) is 0 Å². The van der Waals surface area contributed by atoms with Crippen LogP contribution in [0.4, 0.5) is 4.79 Å². The molecule has 1 aliphatic rings. The second-order valence-corrected chi connectivity index (χ2v) is 5.72. The van der Waals surface area contributed by atoms with E-state index in [1.165, 1.54) is 5.56 Å². The third kappa shape index (κ3) is 3.67. The summed E-state index contributed by atoms with van der Waals surface area (Å²) in [5.74, 6) is 0. The number of hydrogen-bond donors (Lipinski definition) is 0. The fourth-order valence-corrected chi connectivity index (χ4v) is 2.98. The molecule has 0 aromatic heterocycles. The quantitative estimate of drug-likeness (QED) is 0.852. The summed E-state index contributed by atoms with van der Waals surface area (Å²) in [6.45, 7) is 1.14. The lowest BCUT2D eigenvalue weighted by Gasteiger charge is -2.24. The molecule has 0 radical (unpaired) electrons. The van der Waals surface area contributed by atoms with Crippen molar-refractivity contribution in [3.63, 3.8) is 0 Å². The number of carbonyl (C=O) groups excluding carboxylic acids is 1. The van der Waals surface area contributed by atoms with Crippen LogP contribution in [0.1, 0.15) is 24.0 Å². The molecule has 22 heavy (non-hydrogen) atoms. The fourth-order valence-electron chi connectivity index (χ4n) is 2.98. The van der Waals surface area contributed by atoms with E-state index >= 15 is 0 Å². The summed E-state index contributed by atoms with van der Waals surface area (Å²) in [7, 11) is 0. The maximum Gasteiger partial charge on any atom is 0.410 e. The first kappa shape index (κ1) is 14.6. The lowest BCUT2D eigenvalue weighted by Crippen LogP contribution is -2.37. The zero-order valence-corrected chi connectivity index (χ0v) is 12.7. The fraction of sp³-hybridized carbons (Fsp3) is 0.316. The highest BCUT2D eigenvalue weighted by atomic mass is 16.6. The first-order valence-corrected chi connectivity index (χ1v) is 7.84. The average Bonchev–Trinajstić information content (AvgIpc) is 3.03. The molecule has 114 valence electrons. The first-order chi connectivity index (χ1) is 10.8. The summed E-state index contributed by atoms with van der Waals surface area (Å²) in [5.41, 5.74) is 2.30. The molecule has 1 aliphatic heterocycles. The summed E-state index contributed by atoms with van der Waals surface area (Å²) < 4.78 is 5.47. The number of rotatable bonds is 4. The van der Waals surface area contributed by atoms with Crippen molar-refractivity contribution in [1.29, 1.82) is 0 Å². The predicted octanol–water partition coefficient (Wildman–Crippen LogP) is 4.03. The summed E-state index contributed by atoms with van der Waals surface area (Å²) >= 11 is 0. The Morgan fingerprint density at radius 2 is 1.64 bits per heavy atom. The molecule has 1 heterocycles. The Hall–Kier alpha value is -2.29. The Labute approximate surface area is 131 Å². The predicted molar refractivity (Wildman–Crippen MR) is 86.5 cm³/mol. The van der Waals surface area contributed by atoms with Crippen LogP contribution in [0.3, 0.4) is 0 Å². The summed E-state index contributed by atoms with van der Waals surface area (Å²) in [5, 5.41) is 0. The largest absolute Gasteiger partial charge is 0.445 e. The second-order valence-electron chi connectivity index (χ2n) is 5.72.